The van der Waals surface area contributed by atoms with E-state index in [1.165, 1.54) is 31.2 Å². The van der Waals surface area contributed by atoms with Crippen molar-refractivity contribution in [2.75, 3.05) is 11.6 Å². The summed E-state index contributed by atoms with van der Waals surface area (Å²) < 4.78 is 22.7. The third-order valence-corrected chi connectivity index (χ3v) is 4.22. The van der Waals surface area contributed by atoms with Gasteiger partial charge in [0.1, 0.15) is 0 Å². The standard InChI is InChI=1S/C16H15NO4S/c1-11(18)12-3-7-14(8-4-12)17-16(19)13-5-9-15(10-6-13)22(2,20)21/h3-10H,1-2H3,(H,17,19). The molecule has 5 nitrogen and oxygen atoms in total. The van der Waals surface area contributed by atoms with Crippen molar-refractivity contribution in [3.8, 4) is 0 Å². The quantitative estimate of drug-likeness (QED) is 0.879. The lowest BCUT2D eigenvalue weighted by Gasteiger charge is -2.06. The van der Waals surface area contributed by atoms with Crippen molar-refractivity contribution in [2.24, 2.45) is 0 Å². The highest BCUT2D eigenvalue weighted by Crippen LogP contribution is 2.14. The molecule has 2 aromatic rings. The molecule has 1 amide bonds. The fourth-order valence-electron chi connectivity index (χ4n) is 1.85. The SMILES string of the molecule is CC(=O)c1ccc(NC(=O)c2ccc(S(C)(=O)=O)cc2)cc1. The molecular weight excluding hydrogens is 302 g/mol. The van der Waals surface area contributed by atoms with Crippen molar-refractivity contribution >= 4 is 27.2 Å². The van der Waals surface area contributed by atoms with E-state index in [1.54, 1.807) is 24.3 Å². The Morgan fingerprint density at radius 3 is 1.82 bits per heavy atom. The van der Waals surface area contributed by atoms with Gasteiger partial charge in [-0.1, -0.05) is 0 Å². The van der Waals surface area contributed by atoms with Crippen molar-refractivity contribution in [3.63, 3.8) is 0 Å². The first-order valence-corrected chi connectivity index (χ1v) is 8.39. The Balaban J connectivity index is 2.13. The number of carbonyl (C=O) groups is 2. The van der Waals surface area contributed by atoms with Crippen LogP contribution in [-0.2, 0) is 9.84 Å². The smallest absolute Gasteiger partial charge is 0.255 e. The van der Waals surface area contributed by atoms with E-state index in [9.17, 15) is 18.0 Å². The van der Waals surface area contributed by atoms with E-state index in [4.69, 9.17) is 0 Å². The van der Waals surface area contributed by atoms with Crippen LogP contribution in [-0.4, -0.2) is 26.4 Å². The Kier molecular flexibility index (Phi) is 4.42. The number of carbonyl (C=O) groups excluding carboxylic acids is 2. The highest BCUT2D eigenvalue weighted by molar-refractivity contribution is 7.90. The number of sulfone groups is 1. The van der Waals surface area contributed by atoms with Crippen molar-refractivity contribution in [3.05, 3.63) is 59.7 Å². The number of ketones is 1. The largest absolute Gasteiger partial charge is 0.322 e. The van der Waals surface area contributed by atoms with Crippen LogP contribution in [0.15, 0.2) is 53.4 Å². The Morgan fingerprint density at radius 1 is 0.864 bits per heavy atom. The van der Waals surface area contributed by atoms with Gasteiger partial charge in [0.05, 0.1) is 4.90 Å². The van der Waals surface area contributed by atoms with Crippen molar-refractivity contribution in [1.29, 1.82) is 0 Å². The minimum Gasteiger partial charge on any atom is -0.322 e. The lowest BCUT2D eigenvalue weighted by atomic mass is 10.1. The summed E-state index contributed by atoms with van der Waals surface area (Å²) in [7, 11) is -3.28. The molecule has 0 bridgehead atoms. The monoisotopic (exact) mass is 317 g/mol. The van der Waals surface area contributed by atoms with E-state index in [-0.39, 0.29) is 16.6 Å². The Morgan fingerprint density at radius 2 is 1.36 bits per heavy atom. The molecule has 0 heterocycles. The van der Waals surface area contributed by atoms with E-state index in [0.29, 0.717) is 16.8 Å². The highest BCUT2D eigenvalue weighted by atomic mass is 32.2. The Hall–Kier alpha value is -2.47. The molecule has 6 heteroatoms. The molecule has 0 aromatic heterocycles. The molecule has 0 saturated heterocycles. The summed E-state index contributed by atoms with van der Waals surface area (Å²) in [5.74, 6) is -0.398. The van der Waals surface area contributed by atoms with Crippen LogP contribution in [0.1, 0.15) is 27.6 Å². The molecule has 2 rings (SSSR count). The lowest BCUT2D eigenvalue weighted by molar-refractivity contribution is 0.101. The van der Waals surface area contributed by atoms with Crippen LogP contribution in [0.5, 0.6) is 0 Å². The van der Waals surface area contributed by atoms with E-state index in [2.05, 4.69) is 5.32 Å². The van der Waals surface area contributed by atoms with Gasteiger partial charge in [-0.15, -0.1) is 0 Å². The van der Waals surface area contributed by atoms with Crippen LogP contribution in [0.3, 0.4) is 0 Å². The van der Waals surface area contributed by atoms with Gasteiger partial charge >= 0.3 is 0 Å². The number of Topliss-reactive ketones (excluding diaryl/α,β-unsaturated/α-hetero) is 1. The van der Waals surface area contributed by atoms with Crippen LogP contribution < -0.4 is 5.32 Å². The maximum Gasteiger partial charge on any atom is 0.255 e. The van der Waals surface area contributed by atoms with Crippen molar-refractivity contribution in [1.82, 2.24) is 0 Å². The van der Waals surface area contributed by atoms with Crippen LogP contribution in [0, 0.1) is 0 Å². The van der Waals surface area contributed by atoms with Crippen LogP contribution in [0.2, 0.25) is 0 Å². The number of nitrogens with one attached hydrogen (secondary N) is 1. The molecule has 0 atom stereocenters. The molecule has 0 spiro atoms. The molecule has 0 aliphatic carbocycles. The molecule has 0 fully saturated rings. The first kappa shape index (κ1) is 15.9. The van der Waals surface area contributed by atoms with E-state index >= 15 is 0 Å². The van der Waals surface area contributed by atoms with Gasteiger partial charge in [-0.2, -0.15) is 0 Å². The molecule has 1 N–H and O–H groups in total. The Bertz CT molecular complexity index is 806. The highest BCUT2D eigenvalue weighted by Gasteiger charge is 2.10. The second-order valence-electron chi connectivity index (χ2n) is 4.88. The molecule has 22 heavy (non-hydrogen) atoms. The minimum atomic E-state index is -3.28. The van der Waals surface area contributed by atoms with E-state index in [1.807, 2.05) is 0 Å². The van der Waals surface area contributed by atoms with Gasteiger partial charge in [-0.3, -0.25) is 9.59 Å². The zero-order valence-electron chi connectivity index (χ0n) is 12.2. The van der Waals surface area contributed by atoms with Crippen molar-refractivity contribution < 1.29 is 18.0 Å². The zero-order chi connectivity index (χ0) is 16.3. The second-order valence-corrected chi connectivity index (χ2v) is 6.90. The number of anilines is 1. The lowest BCUT2D eigenvalue weighted by Crippen LogP contribution is -2.12. The van der Waals surface area contributed by atoms with E-state index < -0.39 is 9.84 Å². The first-order valence-electron chi connectivity index (χ1n) is 6.50. The maximum atomic E-state index is 12.1. The van der Waals surface area contributed by atoms with Gasteiger partial charge < -0.3 is 5.32 Å². The fourth-order valence-corrected chi connectivity index (χ4v) is 2.48. The van der Waals surface area contributed by atoms with Crippen molar-refractivity contribution in [2.45, 2.75) is 11.8 Å². The molecule has 114 valence electrons. The molecular formula is C16H15NO4S. The molecule has 0 radical (unpaired) electrons. The first-order chi connectivity index (χ1) is 10.3. The molecule has 0 aliphatic rings. The molecule has 0 saturated carbocycles. The molecule has 0 aliphatic heterocycles. The summed E-state index contributed by atoms with van der Waals surface area (Å²) in [6, 6.07) is 12.2. The third-order valence-electron chi connectivity index (χ3n) is 3.09. The van der Waals surface area contributed by atoms with Gasteiger partial charge in [0.25, 0.3) is 5.91 Å². The molecule has 0 unspecified atom stereocenters. The Labute approximate surface area is 128 Å². The van der Waals surface area contributed by atoms with Gasteiger partial charge in [-0.25, -0.2) is 8.42 Å². The summed E-state index contributed by atoms with van der Waals surface area (Å²) in [5.41, 5.74) is 1.47. The minimum absolute atomic E-state index is 0.0470. The fraction of sp³-hybridized carbons (Fsp3) is 0.125. The number of hydrogen-bond donors (Lipinski definition) is 1. The average Bonchev–Trinajstić information content (AvgIpc) is 2.47. The summed E-state index contributed by atoms with van der Waals surface area (Å²) in [4.78, 5) is 23.4. The van der Waals surface area contributed by atoms with Gasteiger partial charge in [0, 0.05) is 23.1 Å². The van der Waals surface area contributed by atoms with Gasteiger partial charge in [-0.05, 0) is 55.5 Å². The molecule has 2 aromatic carbocycles. The average molecular weight is 317 g/mol. The number of amides is 1. The number of rotatable bonds is 4. The van der Waals surface area contributed by atoms with Crippen LogP contribution in [0.4, 0.5) is 5.69 Å². The zero-order valence-corrected chi connectivity index (χ0v) is 13.0. The van der Waals surface area contributed by atoms with Crippen LogP contribution >= 0.6 is 0 Å². The maximum absolute atomic E-state index is 12.1. The normalized spacial score (nSPS) is 11.0. The van der Waals surface area contributed by atoms with E-state index in [0.717, 1.165) is 6.26 Å². The topological polar surface area (TPSA) is 80.3 Å². The number of benzene rings is 2. The summed E-state index contributed by atoms with van der Waals surface area (Å²) in [6.07, 6.45) is 1.11. The van der Waals surface area contributed by atoms with Gasteiger partial charge in [0.15, 0.2) is 15.6 Å². The summed E-state index contributed by atoms with van der Waals surface area (Å²) >= 11 is 0. The number of hydrogen-bond acceptors (Lipinski definition) is 4. The summed E-state index contributed by atoms with van der Waals surface area (Å²) in [5, 5.41) is 2.68. The van der Waals surface area contributed by atoms with Crippen LogP contribution in [0.25, 0.3) is 0 Å². The predicted octanol–water partition coefficient (Wildman–Crippen LogP) is 2.55. The third kappa shape index (κ3) is 3.79. The predicted molar refractivity (Wildman–Crippen MR) is 84.0 cm³/mol. The van der Waals surface area contributed by atoms with Gasteiger partial charge in [0.2, 0.25) is 0 Å². The summed E-state index contributed by atoms with van der Waals surface area (Å²) in [6.45, 7) is 1.47. The second kappa shape index (κ2) is 6.11.